The van der Waals surface area contributed by atoms with Crippen LogP contribution in [0.3, 0.4) is 0 Å². The molecule has 6 rings (SSSR count). The molecule has 4 aliphatic heterocycles. The molecule has 1 aromatic heterocycles. The summed E-state index contributed by atoms with van der Waals surface area (Å²) in [5.74, 6) is -0.221. The summed E-state index contributed by atoms with van der Waals surface area (Å²) in [7, 11) is 0. The zero-order valence-electron chi connectivity index (χ0n) is 13.6. The van der Waals surface area contributed by atoms with Crippen LogP contribution in [-0.2, 0) is 4.79 Å². The summed E-state index contributed by atoms with van der Waals surface area (Å²) in [5.41, 5.74) is 1.12. The first-order chi connectivity index (χ1) is 12.1. The van der Waals surface area contributed by atoms with Crippen molar-refractivity contribution in [2.24, 2.45) is 4.99 Å². The molecule has 25 heavy (non-hydrogen) atoms. The van der Waals surface area contributed by atoms with E-state index in [4.69, 9.17) is 21.0 Å². The van der Waals surface area contributed by atoms with Crippen molar-refractivity contribution >= 4 is 35.2 Å². The summed E-state index contributed by atoms with van der Waals surface area (Å²) in [6.07, 6.45) is 2.53. The molecule has 8 heteroatoms. The van der Waals surface area contributed by atoms with Crippen molar-refractivity contribution < 1.29 is 9.21 Å². The Balaban J connectivity index is 1.42. The topological polar surface area (TPSA) is 65.2 Å². The zero-order chi connectivity index (χ0) is 17.0. The van der Waals surface area contributed by atoms with Crippen LogP contribution >= 0.6 is 11.6 Å². The number of hydrogen-bond acceptors (Lipinski definition) is 7. The molecule has 0 radical (unpaired) electrons. The highest BCUT2D eigenvalue weighted by atomic mass is 35.5. The van der Waals surface area contributed by atoms with Crippen LogP contribution in [0.4, 0.5) is 0 Å². The van der Waals surface area contributed by atoms with E-state index in [1.54, 1.807) is 24.4 Å². The molecule has 0 spiro atoms. The minimum absolute atomic E-state index is 0.161. The van der Waals surface area contributed by atoms with Crippen LogP contribution < -0.4 is 0 Å². The van der Waals surface area contributed by atoms with Crippen LogP contribution in [0.1, 0.15) is 11.8 Å². The molecule has 5 heterocycles. The molecule has 0 N–H and O–H groups in total. The van der Waals surface area contributed by atoms with Crippen LogP contribution in [0, 0.1) is 0 Å². The Morgan fingerprint density at radius 3 is 2.52 bits per heavy atom. The van der Waals surface area contributed by atoms with Crippen molar-refractivity contribution in [3.8, 4) is 0 Å². The largest absolute Gasteiger partial charge is 0.440 e. The lowest BCUT2D eigenvalue weighted by molar-refractivity contribution is -0.139. The fraction of sp³-hybridized carbons (Fsp3) is 0.471. The normalized spacial score (nSPS) is 34.8. The number of oxazole rings is 1. The standard InChI is InChI=1S/C17H18ClN5O2/c18-13-1-2-15-14(3-13)20-16(25-15)12(5-24)4-19-17-6-21-9-22(7-17)11-23(8-17)10-21/h1-5,12H,6-11H2/t12-/m0/s1. The third-order valence-electron chi connectivity index (χ3n) is 5.06. The summed E-state index contributed by atoms with van der Waals surface area (Å²) in [4.78, 5) is 28.0. The number of hydrogen-bond donors (Lipinski definition) is 0. The first kappa shape index (κ1) is 15.5. The summed E-state index contributed by atoms with van der Waals surface area (Å²) < 4.78 is 5.72. The number of carbonyl (C=O) groups excluding carboxylic acids is 1. The Morgan fingerprint density at radius 1 is 1.20 bits per heavy atom. The highest BCUT2D eigenvalue weighted by Crippen LogP contribution is 2.32. The molecule has 0 saturated carbocycles. The third-order valence-corrected chi connectivity index (χ3v) is 5.30. The van der Waals surface area contributed by atoms with Crippen molar-refractivity contribution in [2.75, 3.05) is 39.6 Å². The molecule has 130 valence electrons. The average molecular weight is 360 g/mol. The zero-order valence-corrected chi connectivity index (χ0v) is 14.4. The molecule has 1 aromatic carbocycles. The fourth-order valence-corrected chi connectivity index (χ4v) is 4.43. The van der Waals surface area contributed by atoms with Gasteiger partial charge in [0.25, 0.3) is 0 Å². The summed E-state index contributed by atoms with van der Waals surface area (Å²) in [6, 6.07) is 5.24. The van der Waals surface area contributed by atoms with E-state index in [1.165, 1.54) is 0 Å². The van der Waals surface area contributed by atoms with E-state index in [0.717, 1.165) is 45.9 Å². The van der Waals surface area contributed by atoms with Crippen LogP contribution in [0.25, 0.3) is 11.1 Å². The van der Waals surface area contributed by atoms with Crippen molar-refractivity contribution in [3.05, 3.63) is 29.1 Å². The van der Waals surface area contributed by atoms with Crippen LogP contribution in [0.15, 0.2) is 27.6 Å². The Kier molecular flexibility index (Phi) is 3.46. The smallest absolute Gasteiger partial charge is 0.211 e. The monoisotopic (exact) mass is 359 g/mol. The van der Waals surface area contributed by atoms with Gasteiger partial charge >= 0.3 is 0 Å². The number of aliphatic imine (C=N–C) groups is 1. The molecular formula is C17H18ClN5O2. The van der Waals surface area contributed by atoms with E-state index >= 15 is 0 Å². The van der Waals surface area contributed by atoms with E-state index in [1.807, 2.05) is 0 Å². The van der Waals surface area contributed by atoms with Crippen LogP contribution in [-0.4, -0.2) is 77.4 Å². The quantitative estimate of drug-likeness (QED) is 0.607. The molecule has 2 aromatic rings. The van der Waals surface area contributed by atoms with Gasteiger partial charge in [-0.05, 0) is 18.2 Å². The second kappa shape index (κ2) is 5.60. The molecule has 1 atom stereocenters. The summed E-state index contributed by atoms with van der Waals surface area (Å²) >= 11 is 5.99. The van der Waals surface area contributed by atoms with Crippen LogP contribution in [0.5, 0.6) is 0 Å². The number of benzene rings is 1. The van der Waals surface area contributed by atoms with Gasteiger partial charge in [-0.15, -0.1) is 0 Å². The van der Waals surface area contributed by atoms with Gasteiger partial charge in [0.2, 0.25) is 5.89 Å². The van der Waals surface area contributed by atoms with Crippen molar-refractivity contribution in [1.29, 1.82) is 0 Å². The number of aldehydes is 1. The second-order valence-corrected chi connectivity index (χ2v) is 7.68. The molecule has 4 saturated heterocycles. The predicted molar refractivity (Wildman–Crippen MR) is 93.8 cm³/mol. The van der Waals surface area contributed by atoms with Gasteiger partial charge < -0.3 is 9.21 Å². The Hall–Kier alpha value is -1.80. The summed E-state index contributed by atoms with van der Waals surface area (Å²) in [5, 5.41) is 0.592. The van der Waals surface area contributed by atoms with E-state index in [-0.39, 0.29) is 5.54 Å². The summed E-state index contributed by atoms with van der Waals surface area (Å²) in [6.45, 7) is 5.84. The SMILES string of the molecule is O=C[C@H](C=NC12CN3CN(CN(C3)C1)C2)c1nc2cc(Cl)ccc2o1. The average Bonchev–Trinajstić information content (AvgIpc) is 2.97. The van der Waals surface area contributed by atoms with E-state index in [2.05, 4.69) is 19.7 Å². The molecule has 4 aliphatic rings. The fourth-order valence-electron chi connectivity index (χ4n) is 4.26. The first-order valence-corrected chi connectivity index (χ1v) is 8.74. The van der Waals surface area contributed by atoms with E-state index in [0.29, 0.717) is 22.0 Å². The maximum Gasteiger partial charge on any atom is 0.211 e. The molecular weight excluding hydrogens is 342 g/mol. The second-order valence-electron chi connectivity index (χ2n) is 7.24. The lowest BCUT2D eigenvalue weighted by atomic mass is 9.91. The van der Waals surface area contributed by atoms with Gasteiger partial charge in [0.05, 0.1) is 25.5 Å². The van der Waals surface area contributed by atoms with Crippen molar-refractivity contribution in [3.63, 3.8) is 0 Å². The van der Waals surface area contributed by atoms with Gasteiger partial charge in [0, 0.05) is 30.9 Å². The number of nitrogens with zero attached hydrogens (tertiary/aromatic N) is 5. The maximum atomic E-state index is 11.6. The Labute approximate surface area is 149 Å². The van der Waals surface area contributed by atoms with E-state index < -0.39 is 5.92 Å². The molecule has 7 nitrogen and oxygen atoms in total. The van der Waals surface area contributed by atoms with Gasteiger partial charge in [-0.2, -0.15) is 0 Å². The van der Waals surface area contributed by atoms with Gasteiger partial charge in [0.1, 0.15) is 17.7 Å². The number of halogens is 1. The Bertz CT molecular complexity index is 829. The third kappa shape index (κ3) is 2.67. The van der Waals surface area contributed by atoms with E-state index in [9.17, 15) is 4.79 Å². The highest BCUT2D eigenvalue weighted by Gasteiger charge is 2.48. The van der Waals surface area contributed by atoms with Gasteiger partial charge in [-0.3, -0.25) is 19.7 Å². The minimum Gasteiger partial charge on any atom is -0.440 e. The number of fused-ring (bicyclic) bond motifs is 1. The number of carbonyl (C=O) groups is 1. The lowest BCUT2D eigenvalue weighted by Crippen LogP contribution is -2.75. The maximum absolute atomic E-state index is 11.6. The first-order valence-electron chi connectivity index (χ1n) is 8.36. The van der Waals surface area contributed by atoms with Crippen molar-refractivity contribution in [2.45, 2.75) is 11.5 Å². The lowest BCUT2D eigenvalue weighted by Gasteiger charge is -2.59. The number of aromatic nitrogens is 1. The molecule has 0 amide bonds. The van der Waals surface area contributed by atoms with Gasteiger partial charge in [0.15, 0.2) is 5.58 Å². The molecule has 0 aliphatic carbocycles. The van der Waals surface area contributed by atoms with Crippen molar-refractivity contribution in [1.82, 2.24) is 19.7 Å². The molecule has 0 unspecified atom stereocenters. The molecule has 4 fully saturated rings. The highest BCUT2D eigenvalue weighted by molar-refractivity contribution is 6.31. The van der Waals surface area contributed by atoms with Gasteiger partial charge in [-0.25, -0.2) is 4.98 Å². The predicted octanol–water partition coefficient (Wildman–Crippen LogP) is 1.39. The number of rotatable bonds is 4. The van der Waals surface area contributed by atoms with Gasteiger partial charge in [-0.1, -0.05) is 11.6 Å². The molecule has 4 bridgehead atoms. The minimum atomic E-state index is -0.584. The Morgan fingerprint density at radius 2 is 1.88 bits per heavy atom. The van der Waals surface area contributed by atoms with Crippen LogP contribution in [0.2, 0.25) is 5.02 Å².